The second kappa shape index (κ2) is 12.6. The fourth-order valence-electron chi connectivity index (χ4n) is 1.90. The highest BCUT2D eigenvalue weighted by Gasteiger charge is 2.09. The van der Waals surface area contributed by atoms with Crippen LogP contribution in [0.2, 0.25) is 0 Å². The maximum Gasteiger partial charge on any atom is 0.0897 e. The molecule has 0 radical (unpaired) electrons. The molecule has 0 amide bonds. The fourth-order valence-corrected chi connectivity index (χ4v) is 1.90. The molecule has 0 aliphatic heterocycles. The molecule has 0 aromatic heterocycles. The van der Waals surface area contributed by atoms with E-state index in [9.17, 15) is 5.11 Å². The van der Waals surface area contributed by atoms with Gasteiger partial charge in [-0.1, -0.05) is 27.7 Å². The van der Waals surface area contributed by atoms with Crippen LogP contribution < -0.4 is 5.32 Å². The van der Waals surface area contributed by atoms with Crippen LogP contribution in [0, 0.1) is 11.8 Å². The van der Waals surface area contributed by atoms with Crippen molar-refractivity contribution in [2.24, 2.45) is 11.8 Å². The highest BCUT2D eigenvalue weighted by atomic mass is 16.5. The summed E-state index contributed by atoms with van der Waals surface area (Å²) in [6.07, 6.45) is 1.90. The lowest BCUT2D eigenvalue weighted by molar-refractivity contribution is -0.00899. The molecule has 4 nitrogen and oxygen atoms in total. The fraction of sp³-hybridized carbons (Fsp3) is 1.00. The molecule has 122 valence electrons. The average Bonchev–Trinajstić information content (AvgIpc) is 2.34. The standard InChI is InChI=1S/C16H35NO3/c1-13(2)6-8-19-9-7-17-11-16(18)12-20-15(5)10-14(3)4/h13-18H,6-12H2,1-5H3. The van der Waals surface area contributed by atoms with Crippen molar-refractivity contribution in [1.29, 1.82) is 0 Å². The predicted molar refractivity (Wildman–Crippen MR) is 84.0 cm³/mol. The molecule has 0 saturated heterocycles. The Bertz CT molecular complexity index is 210. The Morgan fingerprint density at radius 1 is 1.00 bits per heavy atom. The molecule has 0 heterocycles. The molecular weight excluding hydrogens is 254 g/mol. The van der Waals surface area contributed by atoms with E-state index in [1.54, 1.807) is 0 Å². The predicted octanol–water partition coefficient (Wildman–Crippen LogP) is 2.45. The monoisotopic (exact) mass is 289 g/mol. The summed E-state index contributed by atoms with van der Waals surface area (Å²) in [5, 5.41) is 13.0. The summed E-state index contributed by atoms with van der Waals surface area (Å²) >= 11 is 0. The SMILES string of the molecule is CC(C)CCOCCNCC(O)COC(C)CC(C)C. The van der Waals surface area contributed by atoms with E-state index in [1.807, 2.05) is 0 Å². The topological polar surface area (TPSA) is 50.7 Å². The van der Waals surface area contributed by atoms with Crippen LogP contribution in [0.15, 0.2) is 0 Å². The van der Waals surface area contributed by atoms with E-state index >= 15 is 0 Å². The Labute approximate surface area is 125 Å². The van der Waals surface area contributed by atoms with Crippen LogP contribution in [-0.4, -0.2) is 50.2 Å². The molecular formula is C16H35NO3. The first-order valence-corrected chi connectivity index (χ1v) is 8.00. The maximum absolute atomic E-state index is 9.78. The number of hydrogen-bond acceptors (Lipinski definition) is 4. The molecule has 0 fully saturated rings. The number of ether oxygens (including phenoxy) is 2. The van der Waals surface area contributed by atoms with Gasteiger partial charge in [-0.3, -0.25) is 0 Å². The van der Waals surface area contributed by atoms with Crippen LogP contribution in [0.25, 0.3) is 0 Å². The lowest BCUT2D eigenvalue weighted by atomic mass is 10.1. The van der Waals surface area contributed by atoms with Gasteiger partial charge in [0.05, 0.1) is 25.4 Å². The molecule has 0 spiro atoms. The van der Waals surface area contributed by atoms with Gasteiger partial charge in [-0.05, 0) is 31.6 Å². The summed E-state index contributed by atoms with van der Waals surface area (Å²) < 4.78 is 11.1. The second-order valence-corrected chi connectivity index (χ2v) is 6.43. The largest absolute Gasteiger partial charge is 0.389 e. The number of aliphatic hydroxyl groups is 1. The molecule has 0 saturated carbocycles. The Kier molecular flexibility index (Phi) is 12.5. The number of rotatable bonds is 13. The van der Waals surface area contributed by atoms with Crippen molar-refractivity contribution in [3.8, 4) is 0 Å². The van der Waals surface area contributed by atoms with Crippen molar-refractivity contribution in [3.63, 3.8) is 0 Å². The minimum Gasteiger partial charge on any atom is -0.389 e. The van der Waals surface area contributed by atoms with Crippen LogP contribution in [0.5, 0.6) is 0 Å². The van der Waals surface area contributed by atoms with Gasteiger partial charge in [0.15, 0.2) is 0 Å². The van der Waals surface area contributed by atoms with Crippen LogP contribution in [0.4, 0.5) is 0 Å². The zero-order valence-corrected chi connectivity index (χ0v) is 14.0. The molecule has 2 unspecified atom stereocenters. The van der Waals surface area contributed by atoms with Gasteiger partial charge in [-0.2, -0.15) is 0 Å². The first-order valence-electron chi connectivity index (χ1n) is 8.00. The third-order valence-corrected chi connectivity index (χ3v) is 3.02. The van der Waals surface area contributed by atoms with Crippen LogP contribution in [-0.2, 0) is 9.47 Å². The van der Waals surface area contributed by atoms with Gasteiger partial charge >= 0.3 is 0 Å². The zero-order valence-electron chi connectivity index (χ0n) is 14.0. The van der Waals surface area contributed by atoms with E-state index in [-0.39, 0.29) is 6.10 Å². The molecule has 0 aromatic rings. The summed E-state index contributed by atoms with van der Waals surface area (Å²) in [5.41, 5.74) is 0. The van der Waals surface area contributed by atoms with Crippen molar-refractivity contribution in [1.82, 2.24) is 5.32 Å². The van der Waals surface area contributed by atoms with E-state index in [1.165, 1.54) is 0 Å². The highest BCUT2D eigenvalue weighted by molar-refractivity contribution is 4.61. The van der Waals surface area contributed by atoms with Crippen LogP contribution in [0.1, 0.15) is 47.5 Å². The van der Waals surface area contributed by atoms with Crippen molar-refractivity contribution >= 4 is 0 Å². The average molecular weight is 289 g/mol. The van der Waals surface area contributed by atoms with Gasteiger partial charge in [0.1, 0.15) is 0 Å². The normalized spacial score (nSPS) is 15.0. The highest BCUT2D eigenvalue weighted by Crippen LogP contribution is 2.07. The van der Waals surface area contributed by atoms with Crippen molar-refractivity contribution in [2.45, 2.75) is 59.7 Å². The summed E-state index contributed by atoms with van der Waals surface area (Å²) in [6, 6.07) is 0. The Balaban J connectivity index is 3.34. The molecule has 0 aromatic carbocycles. The smallest absolute Gasteiger partial charge is 0.0897 e. The Morgan fingerprint density at radius 3 is 2.30 bits per heavy atom. The number of hydrogen-bond donors (Lipinski definition) is 2. The van der Waals surface area contributed by atoms with Crippen LogP contribution >= 0.6 is 0 Å². The minimum absolute atomic E-state index is 0.212. The quantitative estimate of drug-likeness (QED) is 0.511. The van der Waals surface area contributed by atoms with Crippen molar-refractivity contribution in [2.75, 3.05) is 32.9 Å². The van der Waals surface area contributed by atoms with E-state index in [0.717, 1.165) is 26.0 Å². The van der Waals surface area contributed by atoms with Gasteiger partial charge in [0.25, 0.3) is 0 Å². The molecule has 0 rings (SSSR count). The van der Waals surface area contributed by atoms with Crippen molar-refractivity contribution in [3.05, 3.63) is 0 Å². The molecule has 0 aliphatic rings. The molecule has 0 bridgehead atoms. The number of aliphatic hydroxyl groups excluding tert-OH is 1. The van der Waals surface area contributed by atoms with Gasteiger partial charge in [0, 0.05) is 19.7 Å². The van der Waals surface area contributed by atoms with Gasteiger partial charge in [-0.25, -0.2) is 0 Å². The van der Waals surface area contributed by atoms with E-state index in [4.69, 9.17) is 9.47 Å². The Morgan fingerprint density at radius 2 is 1.70 bits per heavy atom. The first-order chi connectivity index (χ1) is 9.41. The van der Waals surface area contributed by atoms with Gasteiger partial charge in [0.2, 0.25) is 0 Å². The summed E-state index contributed by atoms with van der Waals surface area (Å²) in [5.74, 6) is 1.32. The first kappa shape index (κ1) is 19.8. The summed E-state index contributed by atoms with van der Waals surface area (Å²) in [6.45, 7) is 14.0. The lowest BCUT2D eigenvalue weighted by Gasteiger charge is -2.18. The van der Waals surface area contributed by atoms with Crippen LogP contribution in [0.3, 0.4) is 0 Å². The Hall–Kier alpha value is -0.160. The lowest BCUT2D eigenvalue weighted by Crippen LogP contribution is -2.33. The van der Waals surface area contributed by atoms with Gasteiger partial charge < -0.3 is 19.9 Å². The summed E-state index contributed by atoms with van der Waals surface area (Å²) in [4.78, 5) is 0. The van der Waals surface area contributed by atoms with Crippen molar-refractivity contribution < 1.29 is 14.6 Å². The molecule has 2 N–H and O–H groups in total. The maximum atomic E-state index is 9.78. The summed E-state index contributed by atoms with van der Waals surface area (Å²) in [7, 11) is 0. The van der Waals surface area contributed by atoms with Gasteiger partial charge in [-0.15, -0.1) is 0 Å². The zero-order chi connectivity index (χ0) is 15.4. The van der Waals surface area contributed by atoms with E-state index < -0.39 is 6.10 Å². The number of nitrogens with one attached hydrogen (secondary N) is 1. The third-order valence-electron chi connectivity index (χ3n) is 3.02. The second-order valence-electron chi connectivity index (χ2n) is 6.43. The van der Waals surface area contributed by atoms with E-state index in [0.29, 0.717) is 31.6 Å². The third kappa shape index (κ3) is 14.3. The molecule has 0 aliphatic carbocycles. The minimum atomic E-state index is -0.444. The molecule has 20 heavy (non-hydrogen) atoms. The molecule has 2 atom stereocenters. The van der Waals surface area contributed by atoms with E-state index in [2.05, 4.69) is 39.9 Å². The molecule has 4 heteroatoms.